The highest BCUT2D eigenvalue weighted by Crippen LogP contribution is 2.26. The zero-order valence-electron chi connectivity index (χ0n) is 8.63. The Bertz CT molecular complexity index is 624. The van der Waals surface area contributed by atoms with Crippen molar-refractivity contribution in [2.24, 2.45) is 0 Å². The molecule has 0 aliphatic carbocycles. The van der Waals surface area contributed by atoms with Gasteiger partial charge in [-0.3, -0.25) is 4.98 Å². The van der Waals surface area contributed by atoms with E-state index in [9.17, 15) is 8.42 Å². The van der Waals surface area contributed by atoms with Crippen LogP contribution in [0.5, 0.6) is 0 Å². The van der Waals surface area contributed by atoms with Gasteiger partial charge in [-0.25, -0.2) is 8.42 Å². The van der Waals surface area contributed by atoms with Crippen molar-refractivity contribution in [3.05, 3.63) is 39.3 Å². The van der Waals surface area contributed by atoms with Crippen LogP contribution in [-0.4, -0.2) is 13.4 Å². The van der Waals surface area contributed by atoms with Crippen LogP contribution in [0, 0.1) is 0 Å². The molecule has 2 aromatic rings. The summed E-state index contributed by atoms with van der Waals surface area (Å²) in [4.78, 5) is 4.71. The molecule has 0 saturated heterocycles. The predicted octanol–water partition coefficient (Wildman–Crippen LogP) is 2.46. The number of thiazole rings is 1. The van der Waals surface area contributed by atoms with Crippen molar-refractivity contribution < 1.29 is 8.42 Å². The van der Waals surface area contributed by atoms with Crippen LogP contribution in [0.25, 0.3) is 0 Å². The molecule has 90 valence electrons. The molecule has 1 aromatic heterocycles. The number of sulfone groups is 1. The average molecular weight is 333 g/mol. The summed E-state index contributed by atoms with van der Waals surface area (Å²) in [5.74, 6) is -0.0660. The van der Waals surface area contributed by atoms with Gasteiger partial charge in [-0.15, -0.1) is 11.3 Å². The summed E-state index contributed by atoms with van der Waals surface area (Å²) in [7, 11) is -3.41. The second kappa shape index (κ2) is 4.75. The Morgan fingerprint density at radius 2 is 2.18 bits per heavy atom. The fourth-order valence-corrected chi connectivity index (χ4v) is 4.17. The van der Waals surface area contributed by atoms with E-state index in [-0.39, 0.29) is 16.3 Å². The maximum Gasteiger partial charge on any atom is 0.185 e. The van der Waals surface area contributed by atoms with E-state index in [0.29, 0.717) is 4.88 Å². The van der Waals surface area contributed by atoms with E-state index in [0.717, 1.165) is 4.47 Å². The highest BCUT2D eigenvalue weighted by molar-refractivity contribution is 9.10. The third kappa shape index (κ3) is 2.85. The SMILES string of the molecule is Nc1cc(Br)ccc1S(=O)(=O)Cc1cncs1. The largest absolute Gasteiger partial charge is 0.398 e. The van der Waals surface area contributed by atoms with E-state index >= 15 is 0 Å². The Morgan fingerprint density at radius 1 is 1.41 bits per heavy atom. The first kappa shape index (κ1) is 12.5. The monoisotopic (exact) mass is 332 g/mol. The summed E-state index contributed by atoms with van der Waals surface area (Å²) in [6.45, 7) is 0. The molecule has 0 aliphatic heterocycles. The van der Waals surface area contributed by atoms with Crippen LogP contribution in [0.4, 0.5) is 5.69 Å². The van der Waals surface area contributed by atoms with Gasteiger partial charge in [0.15, 0.2) is 9.84 Å². The Kier molecular flexibility index (Phi) is 3.50. The summed E-state index contributed by atoms with van der Waals surface area (Å²) >= 11 is 4.55. The number of rotatable bonds is 3. The molecular formula is C10H9BrN2O2S2. The van der Waals surface area contributed by atoms with Crippen LogP contribution in [0.1, 0.15) is 4.88 Å². The summed E-state index contributed by atoms with van der Waals surface area (Å²) in [6, 6.07) is 4.76. The molecule has 0 amide bonds. The number of aromatic nitrogens is 1. The summed E-state index contributed by atoms with van der Waals surface area (Å²) in [5, 5.41) is 0. The van der Waals surface area contributed by atoms with E-state index in [2.05, 4.69) is 20.9 Å². The molecule has 17 heavy (non-hydrogen) atoms. The van der Waals surface area contributed by atoms with E-state index in [1.165, 1.54) is 17.4 Å². The molecule has 0 spiro atoms. The zero-order chi connectivity index (χ0) is 12.5. The number of hydrogen-bond acceptors (Lipinski definition) is 5. The number of nitrogens with zero attached hydrogens (tertiary/aromatic N) is 1. The van der Waals surface area contributed by atoms with Gasteiger partial charge < -0.3 is 5.73 Å². The van der Waals surface area contributed by atoms with E-state index in [1.807, 2.05) is 0 Å². The quantitative estimate of drug-likeness (QED) is 0.876. The van der Waals surface area contributed by atoms with E-state index in [1.54, 1.807) is 23.8 Å². The standard InChI is InChI=1S/C10H9BrN2O2S2/c11-7-1-2-10(9(12)3-7)17(14,15)5-8-4-13-6-16-8/h1-4,6H,5,12H2. The van der Waals surface area contributed by atoms with Crippen LogP contribution in [0.2, 0.25) is 0 Å². The van der Waals surface area contributed by atoms with Crippen molar-refractivity contribution in [1.82, 2.24) is 4.98 Å². The summed E-state index contributed by atoms with van der Waals surface area (Å²) in [5.41, 5.74) is 7.58. The van der Waals surface area contributed by atoms with Crippen LogP contribution < -0.4 is 5.73 Å². The molecule has 7 heteroatoms. The van der Waals surface area contributed by atoms with Gasteiger partial charge in [-0.05, 0) is 18.2 Å². The molecule has 2 rings (SSSR count). The topological polar surface area (TPSA) is 73.1 Å². The third-order valence-electron chi connectivity index (χ3n) is 2.12. The van der Waals surface area contributed by atoms with Crippen molar-refractivity contribution in [1.29, 1.82) is 0 Å². The van der Waals surface area contributed by atoms with Gasteiger partial charge in [0.25, 0.3) is 0 Å². The zero-order valence-corrected chi connectivity index (χ0v) is 11.8. The number of halogens is 1. The van der Waals surface area contributed by atoms with Crippen molar-refractivity contribution in [3.63, 3.8) is 0 Å². The summed E-state index contributed by atoms with van der Waals surface area (Å²) < 4.78 is 25.0. The lowest BCUT2D eigenvalue weighted by molar-refractivity contribution is 0.596. The van der Waals surface area contributed by atoms with Crippen molar-refractivity contribution in [2.75, 3.05) is 5.73 Å². The molecule has 0 aliphatic rings. The minimum Gasteiger partial charge on any atom is -0.398 e. The molecule has 1 aromatic carbocycles. The fraction of sp³-hybridized carbons (Fsp3) is 0.100. The first-order valence-electron chi connectivity index (χ1n) is 4.64. The Morgan fingerprint density at radius 3 is 2.76 bits per heavy atom. The van der Waals surface area contributed by atoms with Gasteiger partial charge >= 0.3 is 0 Å². The average Bonchev–Trinajstić information content (AvgIpc) is 2.68. The molecule has 0 radical (unpaired) electrons. The van der Waals surface area contributed by atoms with Crippen LogP contribution in [0.15, 0.2) is 39.3 Å². The molecule has 0 atom stereocenters. The molecular weight excluding hydrogens is 324 g/mol. The smallest absolute Gasteiger partial charge is 0.185 e. The lowest BCUT2D eigenvalue weighted by Gasteiger charge is -2.06. The Balaban J connectivity index is 2.38. The van der Waals surface area contributed by atoms with Gasteiger partial charge in [0.05, 0.1) is 21.8 Å². The molecule has 0 fully saturated rings. The molecule has 4 nitrogen and oxygen atoms in total. The predicted molar refractivity (Wildman–Crippen MR) is 71.6 cm³/mol. The lowest BCUT2D eigenvalue weighted by atomic mass is 10.3. The highest BCUT2D eigenvalue weighted by atomic mass is 79.9. The van der Waals surface area contributed by atoms with Gasteiger partial charge in [0.1, 0.15) is 0 Å². The van der Waals surface area contributed by atoms with E-state index in [4.69, 9.17) is 5.73 Å². The first-order valence-corrected chi connectivity index (χ1v) is 7.97. The minimum atomic E-state index is -3.41. The molecule has 2 N–H and O–H groups in total. The maximum atomic E-state index is 12.1. The normalized spacial score (nSPS) is 11.6. The lowest BCUT2D eigenvalue weighted by Crippen LogP contribution is -2.07. The van der Waals surface area contributed by atoms with Crippen molar-refractivity contribution in [2.45, 2.75) is 10.6 Å². The Hall–Kier alpha value is -0.920. The Labute approximate surface area is 112 Å². The van der Waals surface area contributed by atoms with Gasteiger partial charge in [0, 0.05) is 15.5 Å². The summed E-state index contributed by atoms with van der Waals surface area (Å²) in [6.07, 6.45) is 1.55. The van der Waals surface area contributed by atoms with Crippen LogP contribution in [-0.2, 0) is 15.6 Å². The molecule has 0 bridgehead atoms. The minimum absolute atomic E-state index is 0.0660. The second-order valence-electron chi connectivity index (χ2n) is 3.41. The van der Waals surface area contributed by atoms with Gasteiger partial charge in [-0.1, -0.05) is 15.9 Å². The van der Waals surface area contributed by atoms with Crippen LogP contribution >= 0.6 is 27.3 Å². The fourth-order valence-electron chi connectivity index (χ4n) is 1.38. The van der Waals surface area contributed by atoms with Gasteiger partial charge in [0.2, 0.25) is 0 Å². The number of anilines is 1. The number of hydrogen-bond donors (Lipinski definition) is 1. The molecule has 0 unspecified atom stereocenters. The molecule has 1 heterocycles. The van der Waals surface area contributed by atoms with E-state index < -0.39 is 9.84 Å². The maximum absolute atomic E-state index is 12.1. The number of benzene rings is 1. The third-order valence-corrected chi connectivity index (χ3v) is 5.31. The van der Waals surface area contributed by atoms with Crippen LogP contribution in [0.3, 0.4) is 0 Å². The number of nitrogens with two attached hydrogens (primary N) is 1. The van der Waals surface area contributed by atoms with Gasteiger partial charge in [-0.2, -0.15) is 0 Å². The highest BCUT2D eigenvalue weighted by Gasteiger charge is 2.19. The number of nitrogen functional groups attached to an aromatic ring is 1. The van der Waals surface area contributed by atoms with Crippen molar-refractivity contribution in [3.8, 4) is 0 Å². The van der Waals surface area contributed by atoms with Crippen molar-refractivity contribution >= 4 is 42.8 Å². The second-order valence-corrected chi connectivity index (χ2v) is 7.25. The molecule has 0 saturated carbocycles. The first-order chi connectivity index (χ1) is 7.99.